The first-order valence-corrected chi connectivity index (χ1v) is 7.60. The van der Waals surface area contributed by atoms with E-state index in [0.717, 1.165) is 5.56 Å². The summed E-state index contributed by atoms with van der Waals surface area (Å²) in [5.74, 6) is -0.226. The summed E-state index contributed by atoms with van der Waals surface area (Å²) >= 11 is 12.5. The molecule has 104 valence electrons. The highest BCUT2D eigenvalue weighted by Crippen LogP contribution is 2.35. The minimum absolute atomic E-state index is 0.0800. The van der Waals surface area contributed by atoms with E-state index in [0.29, 0.717) is 25.2 Å². The van der Waals surface area contributed by atoms with Crippen LogP contribution in [-0.2, 0) is 0 Å². The smallest absolute Gasteiger partial charge is 0.257 e. The van der Waals surface area contributed by atoms with Crippen LogP contribution in [0.2, 0.25) is 5.02 Å². The summed E-state index contributed by atoms with van der Waals surface area (Å²) in [6.45, 7) is 1.90. The van der Waals surface area contributed by atoms with E-state index in [2.05, 4.69) is 37.2 Å². The number of hydrogen-bond acceptors (Lipinski definition) is 2. The first kappa shape index (κ1) is 15.4. The number of anilines is 1. The lowest BCUT2D eigenvalue weighted by molar-refractivity contribution is 0.102. The lowest BCUT2D eigenvalue weighted by atomic mass is 10.1. The highest BCUT2D eigenvalue weighted by atomic mass is 79.9. The fourth-order valence-electron chi connectivity index (χ4n) is 1.64. The molecule has 0 fully saturated rings. The minimum Gasteiger partial charge on any atom is -0.506 e. The fourth-order valence-corrected chi connectivity index (χ4v) is 3.15. The van der Waals surface area contributed by atoms with Gasteiger partial charge in [-0.25, -0.2) is 0 Å². The molecule has 2 rings (SSSR count). The Kier molecular flexibility index (Phi) is 4.73. The number of carbonyl (C=O) groups is 1. The summed E-state index contributed by atoms with van der Waals surface area (Å²) in [6.07, 6.45) is 0. The van der Waals surface area contributed by atoms with Crippen LogP contribution in [0.15, 0.2) is 39.3 Å². The van der Waals surface area contributed by atoms with Crippen LogP contribution in [0.3, 0.4) is 0 Å². The van der Waals surface area contributed by atoms with Gasteiger partial charge in [-0.3, -0.25) is 4.79 Å². The van der Waals surface area contributed by atoms with Gasteiger partial charge in [0.25, 0.3) is 5.91 Å². The van der Waals surface area contributed by atoms with Crippen LogP contribution in [0.25, 0.3) is 0 Å². The number of amides is 1. The van der Waals surface area contributed by atoms with Crippen LogP contribution in [-0.4, -0.2) is 11.0 Å². The summed E-state index contributed by atoms with van der Waals surface area (Å²) in [5.41, 5.74) is 1.93. The van der Waals surface area contributed by atoms with Gasteiger partial charge in [0.1, 0.15) is 5.75 Å². The largest absolute Gasteiger partial charge is 0.506 e. The van der Waals surface area contributed by atoms with Crippen LogP contribution >= 0.6 is 43.5 Å². The molecule has 0 saturated carbocycles. The zero-order chi connectivity index (χ0) is 14.9. The predicted molar refractivity (Wildman–Crippen MR) is 87.6 cm³/mol. The highest BCUT2D eigenvalue weighted by Gasteiger charge is 2.12. The van der Waals surface area contributed by atoms with Crippen molar-refractivity contribution in [3.8, 4) is 5.75 Å². The van der Waals surface area contributed by atoms with Gasteiger partial charge in [0.05, 0.1) is 19.5 Å². The minimum atomic E-state index is -0.306. The molecular formula is C14H10Br2ClNO2. The number of halogens is 3. The zero-order valence-electron chi connectivity index (χ0n) is 10.4. The molecule has 0 radical (unpaired) electrons. The van der Waals surface area contributed by atoms with Crippen molar-refractivity contribution in [2.45, 2.75) is 6.92 Å². The van der Waals surface area contributed by atoms with Gasteiger partial charge in [-0.1, -0.05) is 17.7 Å². The van der Waals surface area contributed by atoms with E-state index in [1.54, 1.807) is 24.3 Å². The lowest BCUT2D eigenvalue weighted by Gasteiger charge is -2.09. The zero-order valence-corrected chi connectivity index (χ0v) is 14.3. The van der Waals surface area contributed by atoms with Crippen molar-refractivity contribution in [2.24, 2.45) is 0 Å². The number of rotatable bonds is 2. The van der Waals surface area contributed by atoms with Gasteiger partial charge in [-0.05, 0) is 68.6 Å². The SMILES string of the molecule is Cc1ccc(C(=O)Nc2cc(Br)c(O)c(Br)c2)c(Cl)c1. The van der Waals surface area contributed by atoms with Crippen molar-refractivity contribution >= 4 is 55.1 Å². The van der Waals surface area contributed by atoms with E-state index < -0.39 is 0 Å². The molecule has 0 bridgehead atoms. The number of hydrogen-bond donors (Lipinski definition) is 2. The summed E-state index contributed by atoms with van der Waals surface area (Å²) in [6, 6.07) is 8.46. The first-order chi connectivity index (χ1) is 9.38. The molecule has 1 amide bonds. The number of aryl methyl sites for hydroxylation is 1. The monoisotopic (exact) mass is 417 g/mol. The van der Waals surface area contributed by atoms with Crippen LogP contribution in [0.1, 0.15) is 15.9 Å². The number of aromatic hydroxyl groups is 1. The normalized spacial score (nSPS) is 10.4. The summed E-state index contributed by atoms with van der Waals surface area (Å²) in [4.78, 5) is 12.2. The Morgan fingerprint density at radius 2 is 1.80 bits per heavy atom. The van der Waals surface area contributed by atoms with Gasteiger partial charge in [-0.2, -0.15) is 0 Å². The Morgan fingerprint density at radius 1 is 1.20 bits per heavy atom. The van der Waals surface area contributed by atoms with Gasteiger partial charge in [0, 0.05) is 5.69 Å². The average molecular weight is 420 g/mol. The Hall–Kier alpha value is -1.04. The quantitative estimate of drug-likeness (QED) is 0.663. The van der Waals surface area contributed by atoms with Crippen LogP contribution < -0.4 is 5.32 Å². The highest BCUT2D eigenvalue weighted by molar-refractivity contribution is 9.11. The van der Waals surface area contributed by atoms with E-state index in [-0.39, 0.29) is 11.7 Å². The molecule has 0 saturated heterocycles. The van der Waals surface area contributed by atoms with Gasteiger partial charge >= 0.3 is 0 Å². The number of nitrogens with one attached hydrogen (secondary N) is 1. The maximum Gasteiger partial charge on any atom is 0.257 e. The third-order valence-corrected chi connectivity index (χ3v) is 4.17. The maximum absolute atomic E-state index is 12.2. The van der Waals surface area contributed by atoms with Crippen LogP contribution in [0, 0.1) is 6.92 Å². The van der Waals surface area contributed by atoms with Crippen molar-refractivity contribution in [1.29, 1.82) is 0 Å². The number of carbonyl (C=O) groups excluding carboxylic acids is 1. The van der Waals surface area contributed by atoms with E-state index in [1.165, 1.54) is 0 Å². The van der Waals surface area contributed by atoms with E-state index in [1.807, 2.05) is 13.0 Å². The van der Waals surface area contributed by atoms with Crippen LogP contribution in [0.5, 0.6) is 5.75 Å². The molecule has 0 aliphatic rings. The molecule has 0 spiro atoms. The van der Waals surface area contributed by atoms with Crippen molar-refractivity contribution < 1.29 is 9.90 Å². The summed E-state index contributed by atoms with van der Waals surface area (Å²) < 4.78 is 0.967. The molecule has 2 N–H and O–H groups in total. The Labute approximate surface area is 138 Å². The molecular weight excluding hydrogens is 409 g/mol. The topological polar surface area (TPSA) is 49.3 Å². The second-order valence-corrected chi connectivity index (χ2v) is 6.34. The molecule has 0 unspecified atom stereocenters. The Balaban J connectivity index is 2.28. The third-order valence-electron chi connectivity index (χ3n) is 2.64. The fraction of sp³-hybridized carbons (Fsp3) is 0.0714. The number of phenolic OH excluding ortho intramolecular Hbond substituents is 1. The van der Waals surface area contributed by atoms with Crippen molar-refractivity contribution in [1.82, 2.24) is 0 Å². The summed E-state index contributed by atoms with van der Waals surface area (Å²) in [7, 11) is 0. The first-order valence-electron chi connectivity index (χ1n) is 5.64. The van der Waals surface area contributed by atoms with Gasteiger partial charge in [-0.15, -0.1) is 0 Å². The van der Waals surface area contributed by atoms with Crippen molar-refractivity contribution in [2.75, 3.05) is 5.32 Å². The molecule has 0 aliphatic carbocycles. The van der Waals surface area contributed by atoms with Gasteiger partial charge in [0.2, 0.25) is 0 Å². The lowest BCUT2D eigenvalue weighted by Crippen LogP contribution is -2.12. The predicted octanol–water partition coefficient (Wildman–Crippen LogP) is 5.13. The second-order valence-electron chi connectivity index (χ2n) is 4.23. The molecule has 0 aliphatic heterocycles. The molecule has 0 atom stereocenters. The second kappa shape index (κ2) is 6.16. The molecule has 3 nitrogen and oxygen atoms in total. The van der Waals surface area contributed by atoms with Crippen molar-refractivity contribution in [3.05, 3.63) is 55.4 Å². The summed E-state index contributed by atoms with van der Waals surface area (Å²) in [5, 5.41) is 12.8. The van der Waals surface area contributed by atoms with E-state index in [9.17, 15) is 9.90 Å². The number of benzene rings is 2. The average Bonchev–Trinajstić information content (AvgIpc) is 2.35. The number of phenols is 1. The molecule has 2 aromatic rings. The van der Waals surface area contributed by atoms with E-state index in [4.69, 9.17) is 11.6 Å². The molecule has 2 aromatic carbocycles. The molecule has 6 heteroatoms. The van der Waals surface area contributed by atoms with E-state index >= 15 is 0 Å². The third kappa shape index (κ3) is 3.34. The van der Waals surface area contributed by atoms with Gasteiger partial charge in [0.15, 0.2) is 0 Å². The Morgan fingerprint density at radius 3 is 2.35 bits per heavy atom. The molecule has 20 heavy (non-hydrogen) atoms. The standard InChI is InChI=1S/C14H10Br2ClNO2/c1-7-2-3-9(12(17)4-7)14(20)18-8-5-10(15)13(19)11(16)6-8/h2-6,19H,1H3,(H,18,20). The molecule has 0 aromatic heterocycles. The maximum atomic E-state index is 12.2. The van der Waals surface area contributed by atoms with Crippen molar-refractivity contribution in [3.63, 3.8) is 0 Å². The van der Waals surface area contributed by atoms with Crippen LogP contribution in [0.4, 0.5) is 5.69 Å². The van der Waals surface area contributed by atoms with Gasteiger partial charge < -0.3 is 10.4 Å². The Bertz CT molecular complexity index is 666. The molecule has 0 heterocycles.